The molecule has 3 rings (SSSR count). The number of nitrogens with one attached hydrogen (secondary N) is 1. The van der Waals surface area contributed by atoms with E-state index in [9.17, 15) is 9.90 Å². The Bertz CT molecular complexity index is 949. The van der Waals surface area contributed by atoms with Gasteiger partial charge in [0.2, 0.25) is 0 Å². The highest BCUT2D eigenvalue weighted by Gasteiger charge is 2.12. The normalized spacial score (nSPS) is 11.1. The zero-order valence-corrected chi connectivity index (χ0v) is 14.1. The van der Waals surface area contributed by atoms with Crippen molar-refractivity contribution in [2.45, 2.75) is 6.92 Å². The molecule has 2 N–H and O–H groups in total. The van der Waals surface area contributed by atoms with Crippen molar-refractivity contribution in [3.8, 4) is 11.5 Å². The molecule has 25 heavy (non-hydrogen) atoms. The number of nitrogens with zero attached hydrogens (tertiary/aromatic N) is 1. The van der Waals surface area contributed by atoms with Gasteiger partial charge in [-0.25, -0.2) is 5.43 Å². The second-order valence-corrected chi connectivity index (χ2v) is 5.58. The van der Waals surface area contributed by atoms with Gasteiger partial charge in [-0.05, 0) is 49.4 Å². The van der Waals surface area contributed by atoms with E-state index in [1.165, 1.54) is 12.3 Å². The topological polar surface area (TPSA) is 84.1 Å². The number of carbonyl (C=O) groups is 1. The fourth-order valence-corrected chi connectivity index (χ4v) is 2.41. The zero-order chi connectivity index (χ0) is 17.8. The maximum Gasteiger partial charge on any atom is 0.307 e. The highest BCUT2D eigenvalue weighted by Crippen LogP contribution is 2.23. The summed E-state index contributed by atoms with van der Waals surface area (Å²) in [7, 11) is 0. The van der Waals surface area contributed by atoms with E-state index in [-0.39, 0.29) is 11.5 Å². The quantitative estimate of drug-likeness (QED) is 0.534. The lowest BCUT2D eigenvalue weighted by molar-refractivity contribution is 0.0929. The third-order valence-corrected chi connectivity index (χ3v) is 3.62. The number of rotatable bonds is 5. The van der Waals surface area contributed by atoms with Crippen LogP contribution in [0.5, 0.6) is 11.5 Å². The first-order chi connectivity index (χ1) is 12.1. The monoisotopic (exact) mass is 358 g/mol. The van der Waals surface area contributed by atoms with Crippen LogP contribution in [0.2, 0.25) is 5.02 Å². The van der Waals surface area contributed by atoms with E-state index >= 15 is 0 Å². The minimum atomic E-state index is -0.510. The molecule has 2 aromatic carbocycles. The number of halogens is 1. The first kappa shape index (κ1) is 16.9. The summed E-state index contributed by atoms with van der Waals surface area (Å²) in [4.78, 5) is 12.1. The number of amides is 1. The van der Waals surface area contributed by atoms with Crippen LogP contribution in [0.15, 0.2) is 52.0 Å². The van der Waals surface area contributed by atoms with Gasteiger partial charge in [-0.3, -0.25) is 4.79 Å². The molecule has 0 aliphatic rings. The fourth-order valence-electron chi connectivity index (χ4n) is 2.23. The second kappa shape index (κ2) is 7.27. The molecule has 1 heterocycles. The number of benzene rings is 2. The van der Waals surface area contributed by atoms with Crippen molar-refractivity contribution in [3.05, 3.63) is 58.8 Å². The van der Waals surface area contributed by atoms with Crippen molar-refractivity contribution in [1.29, 1.82) is 0 Å². The number of furan rings is 1. The minimum Gasteiger partial charge on any atom is -0.507 e. The number of phenols is 1. The van der Waals surface area contributed by atoms with Crippen LogP contribution in [-0.4, -0.2) is 23.8 Å². The van der Waals surface area contributed by atoms with E-state index in [0.717, 1.165) is 5.39 Å². The molecule has 0 fully saturated rings. The molecule has 0 spiro atoms. The van der Waals surface area contributed by atoms with Gasteiger partial charge in [-0.1, -0.05) is 11.6 Å². The Morgan fingerprint density at radius 2 is 2.16 bits per heavy atom. The first-order valence-corrected chi connectivity index (χ1v) is 7.93. The smallest absolute Gasteiger partial charge is 0.307 e. The van der Waals surface area contributed by atoms with Crippen molar-refractivity contribution in [1.82, 2.24) is 5.43 Å². The number of hydrazone groups is 1. The van der Waals surface area contributed by atoms with Gasteiger partial charge in [0.25, 0.3) is 0 Å². The van der Waals surface area contributed by atoms with Gasteiger partial charge in [0.1, 0.15) is 17.1 Å². The lowest BCUT2D eigenvalue weighted by Crippen LogP contribution is -2.16. The number of fused-ring (bicyclic) bond motifs is 1. The minimum absolute atomic E-state index is 0.0276. The Labute approximate surface area is 148 Å². The molecular formula is C18H15ClN2O4. The average molecular weight is 359 g/mol. The predicted molar refractivity (Wildman–Crippen MR) is 95.6 cm³/mol. The van der Waals surface area contributed by atoms with Gasteiger partial charge in [0, 0.05) is 16.0 Å². The lowest BCUT2D eigenvalue weighted by Gasteiger charge is -2.05. The fraction of sp³-hybridized carbons (Fsp3) is 0.111. The van der Waals surface area contributed by atoms with Crippen LogP contribution in [0, 0.1) is 0 Å². The number of hydrogen-bond acceptors (Lipinski definition) is 5. The molecule has 0 aliphatic carbocycles. The number of phenolic OH excluding ortho intramolecular Hbond substituents is 1. The highest BCUT2D eigenvalue weighted by molar-refractivity contribution is 6.31. The Kier molecular flexibility index (Phi) is 4.90. The third-order valence-electron chi connectivity index (χ3n) is 3.38. The summed E-state index contributed by atoms with van der Waals surface area (Å²) >= 11 is 5.91. The molecule has 0 unspecified atom stereocenters. The number of aromatic hydroxyl groups is 1. The van der Waals surface area contributed by atoms with Gasteiger partial charge in [0.15, 0.2) is 5.76 Å². The molecule has 128 valence electrons. The second-order valence-electron chi connectivity index (χ2n) is 5.15. The van der Waals surface area contributed by atoms with E-state index in [2.05, 4.69) is 10.5 Å². The largest absolute Gasteiger partial charge is 0.507 e. The van der Waals surface area contributed by atoms with Crippen LogP contribution in [0.1, 0.15) is 23.0 Å². The predicted octanol–water partition coefficient (Wildman–Crippen LogP) is 3.95. The van der Waals surface area contributed by atoms with E-state index in [1.807, 2.05) is 6.92 Å². The molecule has 0 bridgehead atoms. The SMILES string of the molecule is CCOc1ccc(O)c(/C=N/NC(=O)c2cc3cc(Cl)ccc3o2)c1. The van der Waals surface area contributed by atoms with Gasteiger partial charge in [-0.15, -0.1) is 0 Å². The molecule has 3 aromatic rings. The van der Waals surface area contributed by atoms with E-state index in [0.29, 0.717) is 28.5 Å². The Balaban J connectivity index is 1.72. The molecular weight excluding hydrogens is 344 g/mol. The Morgan fingerprint density at radius 1 is 1.32 bits per heavy atom. The Hall–Kier alpha value is -2.99. The van der Waals surface area contributed by atoms with Crippen LogP contribution < -0.4 is 10.2 Å². The molecule has 0 saturated carbocycles. The molecule has 0 aliphatic heterocycles. The molecule has 6 nitrogen and oxygen atoms in total. The van der Waals surface area contributed by atoms with Crippen molar-refractivity contribution in [2.75, 3.05) is 6.61 Å². The average Bonchev–Trinajstić information content (AvgIpc) is 3.01. The maximum atomic E-state index is 12.1. The van der Waals surface area contributed by atoms with Crippen LogP contribution in [0.3, 0.4) is 0 Å². The summed E-state index contributed by atoms with van der Waals surface area (Å²) in [6.07, 6.45) is 1.33. The van der Waals surface area contributed by atoms with Crippen molar-refractivity contribution >= 4 is 34.7 Å². The molecule has 0 atom stereocenters. The first-order valence-electron chi connectivity index (χ1n) is 7.55. The highest BCUT2D eigenvalue weighted by atomic mass is 35.5. The summed E-state index contributed by atoms with van der Waals surface area (Å²) < 4.78 is 10.8. The summed E-state index contributed by atoms with van der Waals surface area (Å²) in [6.45, 7) is 2.37. The molecule has 1 amide bonds. The van der Waals surface area contributed by atoms with E-state index in [1.54, 1.807) is 36.4 Å². The van der Waals surface area contributed by atoms with Crippen molar-refractivity contribution < 1.29 is 19.1 Å². The van der Waals surface area contributed by atoms with Crippen molar-refractivity contribution in [3.63, 3.8) is 0 Å². The number of ether oxygens (including phenoxy) is 1. The number of hydrogen-bond donors (Lipinski definition) is 2. The van der Waals surface area contributed by atoms with Gasteiger partial charge < -0.3 is 14.3 Å². The summed E-state index contributed by atoms with van der Waals surface area (Å²) in [5, 5.41) is 14.9. The molecule has 7 heteroatoms. The molecule has 0 saturated heterocycles. The molecule has 0 radical (unpaired) electrons. The Morgan fingerprint density at radius 3 is 2.96 bits per heavy atom. The third kappa shape index (κ3) is 3.92. The van der Waals surface area contributed by atoms with Crippen LogP contribution >= 0.6 is 11.6 Å². The lowest BCUT2D eigenvalue weighted by atomic mass is 10.2. The standard InChI is InChI=1S/C18H15ClN2O4/c1-2-24-14-4-5-15(22)12(8-14)10-20-21-18(23)17-9-11-7-13(19)3-6-16(11)25-17/h3-10,22H,2H2,1H3,(H,21,23)/b20-10+. The van der Waals surface area contributed by atoms with Gasteiger partial charge in [-0.2, -0.15) is 5.10 Å². The van der Waals surface area contributed by atoms with Crippen LogP contribution in [0.4, 0.5) is 0 Å². The summed E-state index contributed by atoms with van der Waals surface area (Å²) in [5.74, 6) is 0.229. The van der Waals surface area contributed by atoms with E-state index < -0.39 is 5.91 Å². The number of carbonyl (C=O) groups excluding carboxylic acids is 1. The van der Waals surface area contributed by atoms with Gasteiger partial charge in [0.05, 0.1) is 12.8 Å². The van der Waals surface area contributed by atoms with Crippen molar-refractivity contribution in [2.24, 2.45) is 5.10 Å². The zero-order valence-electron chi connectivity index (χ0n) is 13.3. The summed E-state index contributed by atoms with van der Waals surface area (Å²) in [6, 6.07) is 11.4. The maximum absolute atomic E-state index is 12.1. The van der Waals surface area contributed by atoms with E-state index in [4.69, 9.17) is 20.8 Å². The van der Waals surface area contributed by atoms with Crippen LogP contribution in [-0.2, 0) is 0 Å². The summed E-state index contributed by atoms with van der Waals surface area (Å²) in [5.41, 5.74) is 3.33. The van der Waals surface area contributed by atoms with Crippen LogP contribution in [0.25, 0.3) is 11.0 Å². The molecule has 1 aromatic heterocycles. The van der Waals surface area contributed by atoms with Gasteiger partial charge >= 0.3 is 5.91 Å².